The first kappa shape index (κ1) is 17.2. The fourth-order valence-corrected chi connectivity index (χ4v) is 2.62. The highest BCUT2D eigenvalue weighted by Gasteiger charge is 2.05. The largest absolute Gasteiger partial charge is 0.379 e. The van der Waals surface area contributed by atoms with Crippen molar-refractivity contribution in [2.24, 2.45) is 5.92 Å². The van der Waals surface area contributed by atoms with Crippen LogP contribution in [0.4, 0.5) is 0 Å². The van der Waals surface area contributed by atoms with Crippen molar-refractivity contribution in [2.75, 3.05) is 12.4 Å². The van der Waals surface area contributed by atoms with Gasteiger partial charge in [-0.25, -0.2) is 8.42 Å². The summed E-state index contributed by atoms with van der Waals surface area (Å²) < 4.78 is 27.0. The van der Waals surface area contributed by atoms with Crippen LogP contribution in [0.25, 0.3) is 0 Å². The van der Waals surface area contributed by atoms with Crippen LogP contribution in [-0.4, -0.2) is 26.9 Å². The van der Waals surface area contributed by atoms with Crippen molar-refractivity contribution in [3.05, 3.63) is 0 Å². The molecule has 5 heteroatoms. The molecule has 1 unspecified atom stereocenters. The molecule has 17 heavy (non-hydrogen) atoms. The molecule has 0 aliphatic carbocycles. The topological polar surface area (TPSA) is 43.4 Å². The highest BCUT2D eigenvalue weighted by molar-refractivity contribution is 8.13. The lowest BCUT2D eigenvalue weighted by atomic mass is 10.1. The Labute approximate surface area is 110 Å². The fraction of sp³-hybridized carbons (Fsp3) is 1.00. The summed E-state index contributed by atoms with van der Waals surface area (Å²) in [4.78, 5) is 0. The van der Waals surface area contributed by atoms with E-state index in [4.69, 9.17) is 15.4 Å². The number of rotatable bonds is 10. The fourth-order valence-electron chi connectivity index (χ4n) is 1.75. The van der Waals surface area contributed by atoms with Crippen LogP contribution < -0.4 is 0 Å². The standard InChI is InChI=1S/C12H25ClO3S/c1-11(2)10-12(3)16-8-6-4-5-7-9-17(13,14)15/h11-12H,4-10H2,1-3H3. The predicted molar refractivity (Wildman–Crippen MR) is 73.0 cm³/mol. The van der Waals surface area contributed by atoms with Crippen molar-refractivity contribution >= 4 is 19.7 Å². The van der Waals surface area contributed by atoms with Crippen LogP contribution in [0.1, 0.15) is 52.9 Å². The third-order valence-corrected chi connectivity index (χ3v) is 3.73. The van der Waals surface area contributed by atoms with Crippen LogP contribution in [0.15, 0.2) is 0 Å². The van der Waals surface area contributed by atoms with E-state index in [1.54, 1.807) is 0 Å². The lowest BCUT2D eigenvalue weighted by molar-refractivity contribution is 0.0495. The van der Waals surface area contributed by atoms with Gasteiger partial charge in [-0.05, 0) is 32.1 Å². The predicted octanol–water partition coefficient (Wildman–Crippen LogP) is 3.57. The summed E-state index contributed by atoms with van der Waals surface area (Å²) >= 11 is 0. The number of hydrogen-bond acceptors (Lipinski definition) is 3. The van der Waals surface area contributed by atoms with Crippen molar-refractivity contribution in [1.82, 2.24) is 0 Å². The van der Waals surface area contributed by atoms with Gasteiger partial charge in [-0.1, -0.05) is 26.7 Å². The second-order valence-electron chi connectivity index (χ2n) is 4.97. The molecule has 1 atom stereocenters. The first-order valence-electron chi connectivity index (χ1n) is 6.35. The van der Waals surface area contributed by atoms with Gasteiger partial charge in [0.2, 0.25) is 9.05 Å². The highest BCUT2D eigenvalue weighted by atomic mass is 35.7. The number of unbranched alkanes of at least 4 members (excludes halogenated alkanes) is 3. The molecule has 3 nitrogen and oxygen atoms in total. The molecule has 104 valence electrons. The molecule has 0 amide bonds. The molecule has 0 aromatic rings. The first-order valence-corrected chi connectivity index (χ1v) is 8.83. The van der Waals surface area contributed by atoms with Gasteiger partial charge < -0.3 is 4.74 Å². The third kappa shape index (κ3) is 14.1. The van der Waals surface area contributed by atoms with Crippen LogP contribution in [0.2, 0.25) is 0 Å². The quantitative estimate of drug-likeness (QED) is 0.455. The van der Waals surface area contributed by atoms with Gasteiger partial charge in [0.05, 0.1) is 11.9 Å². The van der Waals surface area contributed by atoms with E-state index in [0.717, 1.165) is 32.3 Å². The minimum atomic E-state index is -3.30. The maximum Gasteiger partial charge on any atom is 0.232 e. The van der Waals surface area contributed by atoms with E-state index in [0.29, 0.717) is 18.4 Å². The van der Waals surface area contributed by atoms with E-state index in [9.17, 15) is 8.42 Å². The van der Waals surface area contributed by atoms with Gasteiger partial charge in [0.15, 0.2) is 0 Å². The zero-order valence-electron chi connectivity index (χ0n) is 11.1. The van der Waals surface area contributed by atoms with Gasteiger partial charge in [-0.15, -0.1) is 0 Å². The summed E-state index contributed by atoms with van der Waals surface area (Å²) in [7, 11) is 1.81. The number of halogens is 1. The maximum absolute atomic E-state index is 10.7. The Hall–Kier alpha value is 0.200. The average molecular weight is 285 g/mol. The Kier molecular flexibility index (Phi) is 9.28. The van der Waals surface area contributed by atoms with E-state index in [1.807, 2.05) is 0 Å². The molecule has 0 aromatic heterocycles. The Morgan fingerprint density at radius 2 is 1.65 bits per heavy atom. The van der Waals surface area contributed by atoms with Crippen LogP contribution in [-0.2, 0) is 13.8 Å². The molecule has 0 saturated carbocycles. The lowest BCUT2D eigenvalue weighted by Gasteiger charge is -2.14. The lowest BCUT2D eigenvalue weighted by Crippen LogP contribution is -2.12. The Balaban J connectivity index is 3.29. The summed E-state index contributed by atoms with van der Waals surface area (Å²) in [6.45, 7) is 7.24. The molecule has 0 spiro atoms. The van der Waals surface area contributed by atoms with Gasteiger partial charge in [0.25, 0.3) is 0 Å². The van der Waals surface area contributed by atoms with Crippen molar-refractivity contribution in [3.63, 3.8) is 0 Å². The first-order chi connectivity index (χ1) is 7.81. The molecule has 0 saturated heterocycles. The van der Waals surface area contributed by atoms with Crippen LogP contribution in [0.5, 0.6) is 0 Å². The zero-order valence-corrected chi connectivity index (χ0v) is 12.7. The molecule has 0 aromatic carbocycles. The van der Waals surface area contributed by atoms with Crippen molar-refractivity contribution in [2.45, 2.75) is 59.0 Å². The molecule has 0 bridgehead atoms. The van der Waals surface area contributed by atoms with Crippen LogP contribution in [0, 0.1) is 5.92 Å². The Morgan fingerprint density at radius 3 is 2.18 bits per heavy atom. The molecule has 0 fully saturated rings. The van der Waals surface area contributed by atoms with E-state index in [-0.39, 0.29) is 5.75 Å². The zero-order chi connectivity index (χ0) is 13.3. The molecule has 0 radical (unpaired) electrons. The monoisotopic (exact) mass is 284 g/mol. The molecule has 0 aliphatic heterocycles. The minimum absolute atomic E-state index is 0.0825. The summed E-state index contributed by atoms with van der Waals surface area (Å²) in [5.74, 6) is 0.748. The van der Waals surface area contributed by atoms with Gasteiger partial charge in [-0.2, -0.15) is 0 Å². The second-order valence-corrected chi connectivity index (χ2v) is 7.86. The molecular formula is C12H25ClO3S. The van der Waals surface area contributed by atoms with Crippen LogP contribution in [0.3, 0.4) is 0 Å². The maximum atomic E-state index is 10.7. The van der Waals surface area contributed by atoms with Crippen molar-refractivity contribution in [1.29, 1.82) is 0 Å². The van der Waals surface area contributed by atoms with Gasteiger partial charge >= 0.3 is 0 Å². The molecule has 0 aliphatic rings. The SMILES string of the molecule is CC(C)CC(C)OCCCCCCS(=O)(=O)Cl. The van der Waals surface area contributed by atoms with E-state index < -0.39 is 9.05 Å². The molecular weight excluding hydrogens is 260 g/mol. The molecule has 0 rings (SSSR count). The van der Waals surface area contributed by atoms with Crippen molar-refractivity contribution < 1.29 is 13.2 Å². The van der Waals surface area contributed by atoms with E-state index >= 15 is 0 Å². The molecule has 0 N–H and O–H groups in total. The van der Waals surface area contributed by atoms with Gasteiger partial charge in [0.1, 0.15) is 0 Å². The van der Waals surface area contributed by atoms with E-state index in [2.05, 4.69) is 20.8 Å². The summed E-state index contributed by atoms with van der Waals surface area (Å²) in [6.07, 6.45) is 4.94. The van der Waals surface area contributed by atoms with Gasteiger partial charge in [-0.3, -0.25) is 0 Å². The summed E-state index contributed by atoms with van der Waals surface area (Å²) in [6, 6.07) is 0. The smallest absolute Gasteiger partial charge is 0.232 e. The Morgan fingerprint density at radius 1 is 1.06 bits per heavy atom. The second kappa shape index (κ2) is 9.17. The number of ether oxygens (including phenoxy) is 1. The minimum Gasteiger partial charge on any atom is -0.379 e. The highest BCUT2D eigenvalue weighted by Crippen LogP contribution is 2.09. The van der Waals surface area contributed by atoms with Gasteiger partial charge in [0, 0.05) is 17.3 Å². The average Bonchev–Trinajstić information content (AvgIpc) is 2.13. The summed E-state index contributed by atoms with van der Waals surface area (Å²) in [5.41, 5.74) is 0. The van der Waals surface area contributed by atoms with Crippen LogP contribution >= 0.6 is 10.7 Å². The molecule has 0 heterocycles. The van der Waals surface area contributed by atoms with Crippen molar-refractivity contribution in [3.8, 4) is 0 Å². The Bertz CT molecular complexity index is 275. The summed E-state index contributed by atoms with van der Waals surface area (Å²) in [5, 5.41) is 0. The van der Waals surface area contributed by atoms with E-state index in [1.165, 1.54) is 0 Å². The normalized spacial score (nSPS) is 14.2. The number of hydrogen-bond donors (Lipinski definition) is 0. The third-order valence-electron chi connectivity index (χ3n) is 2.49.